The maximum Gasteiger partial charge on any atom is 0.179 e. The van der Waals surface area contributed by atoms with Gasteiger partial charge in [-0.15, -0.1) is 10.2 Å². The van der Waals surface area contributed by atoms with Crippen LogP contribution in [0.2, 0.25) is 0 Å². The summed E-state index contributed by atoms with van der Waals surface area (Å²) in [7, 11) is 1.97. The minimum atomic E-state index is 0.309. The lowest BCUT2D eigenvalue weighted by Crippen LogP contribution is -2.13. The first-order valence-corrected chi connectivity index (χ1v) is 9.31. The molecule has 3 nitrogen and oxygen atoms in total. The highest BCUT2D eigenvalue weighted by Crippen LogP contribution is 2.37. The molecule has 0 aliphatic rings. The number of halogens is 1. The Morgan fingerprint density at radius 1 is 1.32 bits per heavy atom. The molecule has 7 heteroatoms. The quantitative estimate of drug-likeness (QED) is 0.781. The van der Waals surface area contributed by atoms with Gasteiger partial charge < -0.3 is 5.32 Å². The molecule has 0 spiro atoms. The van der Waals surface area contributed by atoms with Gasteiger partial charge in [-0.2, -0.15) is 0 Å². The molecule has 1 heterocycles. The Morgan fingerprint density at radius 2 is 2.05 bits per heavy atom. The Morgan fingerprint density at radius 3 is 2.68 bits per heavy atom. The summed E-state index contributed by atoms with van der Waals surface area (Å²) in [5, 5.41) is 11.6. The number of nitrogens with zero attached hydrogens (tertiary/aromatic N) is 2. The largest absolute Gasteiger partial charge is 0.313 e. The second kappa shape index (κ2) is 7.08. The zero-order valence-electron chi connectivity index (χ0n) is 10.8. The third-order valence-electron chi connectivity index (χ3n) is 2.63. The van der Waals surface area contributed by atoms with Crippen molar-refractivity contribution in [2.24, 2.45) is 0 Å². The lowest BCUT2D eigenvalue weighted by molar-refractivity contribution is 0.641. The van der Waals surface area contributed by atoms with Crippen LogP contribution in [0.3, 0.4) is 0 Å². The summed E-state index contributed by atoms with van der Waals surface area (Å²) in [5.74, 6) is 0. The van der Waals surface area contributed by atoms with Crippen LogP contribution < -0.4 is 5.32 Å². The lowest BCUT2D eigenvalue weighted by Gasteiger charge is -2.15. The molecule has 102 valence electrons. The van der Waals surface area contributed by atoms with Crippen molar-refractivity contribution in [3.05, 3.63) is 28.2 Å². The summed E-state index contributed by atoms with van der Waals surface area (Å²) in [6.07, 6.45) is 2.02. The van der Waals surface area contributed by atoms with Crippen LogP contribution in [-0.2, 0) is 0 Å². The number of hydrogen-bond donors (Lipinski definition) is 1. The standard InChI is InChI=1S/C12H14BrN3S3/c1-7(14-2)9-5-4-8(13)6-10(9)18-12-16-15-11(17-3)19-12/h4-7,14H,1-3H3. The maximum atomic E-state index is 4.21. The van der Waals surface area contributed by atoms with Crippen LogP contribution in [0.1, 0.15) is 18.5 Å². The average Bonchev–Trinajstić information content (AvgIpc) is 2.86. The molecule has 1 aromatic heterocycles. The highest BCUT2D eigenvalue weighted by atomic mass is 79.9. The van der Waals surface area contributed by atoms with E-state index in [1.54, 1.807) is 34.9 Å². The highest BCUT2D eigenvalue weighted by Gasteiger charge is 2.13. The minimum Gasteiger partial charge on any atom is -0.313 e. The van der Waals surface area contributed by atoms with E-state index < -0.39 is 0 Å². The monoisotopic (exact) mass is 375 g/mol. The molecule has 0 amide bonds. The number of aromatic nitrogens is 2. The van der Waals surface area contributed by atoms with Crippen LogP contribution in [0.4, 0.5) is 0 Å². The molecule has 0 aliphatic carbocycles. The van der Waals surface area contributed by atoms with Crippen LogP contribution >= 0.6 is 50.8 Å². The fourth-order valence-corrected chi connectivity index (χ4v) is 4.69. The number of hydrogen-bond acceptors (Lipinski definition) is 6. The predicted molar refractivity (Wildman–Crippen MR) is 87.4 cm³/mol. The molecule has 1 aromatic carbocycles. The van der Waals surface area contributed by atoms with E-state index >= 15 is 0 Å². The molecule has 0 aliphatic heterocycles. The SMILES string of the molecule is CNC(C)c1ccc(Br)cc1Sc1nnc(SC)s1. The Bertz CT molecular complexity index is 559. The van der Waals surface area contributed by atoms with Gasteiger partial charge in [-0.1, -0.05) is 56.9 Å². The van der Waals surface area contributed by atoms with E-state index in [1.165, 1.54) is 10.5 Å². The van der Waals surface area contributed by atoms with Gasteiger partial charge >= 0.3 is 0 Å². The third-order valence-corrected chi connectivity index (χ3v) is 6.15. The fourth-order valence-electron chi connectivity index (χ4n) is 1.52. The second-order valence-corrected chi connectivity index (χ2v) is 8.07. The molecule has 2 rings (SSSR count). The molecule has 0 radical (unpaired) electrons. The van der Waals surface area contributed by atoms with Crippen LogP contribution in [0.15, 0.2) is 36.2 Å². The number of benzene rings is 1. The highest BCUT2D eigenvalue weighted by molar-refractivity contribution is 9.10. The van der Waals surface area contributed by atoms with E-state index in [2.05, 4.69) is 56.6 Å². The Balaban J connectivity index is 2.29. The molecule has 0 bridgehead atoms. The molecule has 1 N–H and O–H groups in total. The zero-order chi connectivity index (χ0) is 13.8. The molecule has 2 aromatic rings. The Hall–Kier alpha value is -0.0800. The third kappa shape index (κ3) is 3.95. The summed E-state index contributed by atoms with van der Waals surface area (Å²) in [4.78, 5) is 1.21. The smallest absolute Gasteiger partial charge is 0.179 e. The summed E-state index contributed by atoms with van der Waals surface area (Å²) in [5.41, 5.74) is 1.27. The van der Waals surface area contributed by atoms with Crippen molar-refractivity contribution >= 4 is 50.8 Å². The van der Waals surface area contributed by atoms with Gasteiger partial charge in [-0.3, -0.25) is 0 Å². The van der Waals surface area contributed by atoms with E-state index in [9.17, 15) is 0 Å². The van der Waals surface area contributed by atoms with E-state index in [0.29, 0.717) is 6.04 Å². The number of thioether (sulfide) groups is 1. The first-order chi connectivity index (χ1) is 9.13. The summed E-state index contributed by atoms with van der Waals surface area (Å²) in [6, 6.07) is 6.65. The second-order valence-electron chi connectivity index (χ2n) is 3.83. The van der Waals surface area contributed by atoms with Crippen molar-refractivity contribution in [3.63, 3.8) is 0 Å². The van der Waals surface area contributed by atoms with Crippen LogP contribution in [0.25, 0.3) is 0 Å². The summed E-state index contributed by atoms with van der Waals surface area (Å²) in [6.45, 7) is 2.15. The van der Waals surface area contributed by atoms with Crippen molar-refractivity contribution < 1.29 is 0 Å². The maximum absolute atomic E-state index is 4.21. The van der Waals surface area contributed by atoms with Crippen molar-refractivity contribution in [1.29, 1.82) is 0 Å². The summed E-state index contributed by atoms with van der Waals surface area (Å²) >= 11 is 8.46. The van der Waals surface area contributed by atoms with E-state index in [-0.39, 0.29) is 0 Å². The van der Waals surface area contributed by atoms with Crippen LogP contribution in [0.5, 0.6) is 0 Å². The van der Waals surface area contributed by atoms with Gasteiger partial charge in [0.1, 0.15) is 0 Å². The van der Waals surface area contributed by atoms with Gasteiger partial charge in [0, 0.05) is 15.4 Å². The molecule has 0 saturated heterocycles. The molecular weight excluding hydrogens is 362 g/mol. The first-order valence-electron chi connectivity index (χ1n) is 5.66. The molecule has 19 heavy (non-hydrogen) atoms. The van der Waals surface area contributed by atoms with Crippen molar-refractivity contribution in [1.82, 2.24) is 15.5 Å². The Kier molecular flexibility index (Phi) is 5.70. The molecule has 1 unspecified atom stereocenters. The molecule has 0 saturated carbocycles. The van der Waals surface area contributed by atoms with Gasteiger partial charge in [-0.25, -0.2) is 0 Å². The number of rotatable bonds is 5. The average molecular weight is 376 g/mol. The Labute approximate surface area is 134 Å². The predicted octanol–water partition coefficient (Wildman–Crippen LogP) is 4.45. The first kappa shape index (κ1) is 15.3. The number of nitrogens with one attached hydrogen (secondary N) is 1. The van der Waals surface area contributed by atoms with E-state index in [1.807, 2.05) is 13.3 Å². The van der Waals surface area contributed by atoms with Gasteiger partial charge in [-0.05, 0) is 37.9 Å². The van der Waals surface area contributed by atoms with Crippen molar-refractivity contribution in [2.45, 2.75) is 26.5 Å². The van der Waals surface area contributed by atoms with Gasteiger partial charge in [0.05, 0.1) is 0 Å². The van der Waals surface area contributed by atoms with E-state index in [4.69, 9.17) is 0 Å². The van der Waals surface area contributed by atoms with Gasteiger partial charge in [0.15, 0.2) is 8.68 Å². The van der Waals surface area contributed by atoms with Crippen molar-refractivity contribution in [3.8, 4) is 0 Å². The molecule has 1 atom stereocenters. The minimum absolute atomic E-state index is 0.309. The zero-order valence-corrected chi connectivity index (χ0v) is 14.8. The summed E-state index contributed by atoms with van der Waals surface area (Å²) < 4.78 is 3.06. The normalized spacial score (nSPS) is 12.6. The fraction of sp³-hybridized carbons (Fsp3) is 0.333. The van der Waals surface area contributed by atoms with E-state index in [0.717, 1.165) is 13.2 Å². The molecule has 0 fully saturated rings. The van der Waals surface area contributed by atoms with Crippen molar-refractivity contribution in [2.75, 3.05) is 13.3 Å². The lowest BCUT2D eigenvalue weighted by atomic mass is 10.1. The van der Waals surface area contributed by atoms with Crippen LogP contribution in [0, 0.1) is 0 Å². The van der Waals surface area contributed by atoms with Gasteiger partial charge in [0.2, 0.25) is 0 Å². The van der Waals surface area contributed by atoms with Gasteiger partial charge in [0.25, 0.3) is 0 Å². The van der Waals surface area contributed by atoms with Crippen LogP contribution in [-0.4, -0.2) is 23.5 Å². The topological polar surface area (TPSA) is 37.8 Å². The molecular formula is C12H14BrN3S3.